The molecule has 0 radical (unpaired) electrons. The van der Waals surface area contributed by atoms with Crippen molar-refractivity contribution in [2.45, 2.75) is 32.4 Å². The molecule has 4 rings (SSSR count). The number of hydrogen-bond donors (Lipinski definition) is 0. The first-order chi connectivity index (χ1) is 13.6. The van der Waals surface area contributed by atoms with Gasteiger partial charge in [-0.1, -0.05) is 30.3 Å². The maximum Gasteiger partial charge on any atom is 0.259 e. The first-order valence-electron chi connectivity index (χ1n) is 9.90. The molecule has 0 saturated heterocycles. The number of benzene rings is 1. The van der Waals surface area contributed by atoms with Gasteiger partial charge in [-0.25, -0.2) is 0 Å². The molecule has 6 nitrogen and oxygen atoms in total. The van der Waals surface area contributed by atoms with Crippen LogP contribution in [0.4, 0.5) is 0 Å². The lowest BCUT2D eigenvalue weighted by Gasteiger charge is -2.23. The van der Waals surface area contributed by atoms with E-state index in [9.17, 15) is 9.59 Å². The Balaban J connectivity index is 1.69. The van der Waals surface area contributed by atoms with Crippen molar-refractivity contribution in [2.75, 3.05) is 26.9 Å². The van der Waals surface area contributed by atoms with Gasteiger partial charge >= 0.3 is 0 Å². The van der Waals surface area contributed by atoms with E-state index < -0.39 is 0 Å². The lowest BCUT2D eigenvalue weighted by Crippen LogP contribution is -2.32. The van der Waals surface area contributed by atoms with Gasteiger partial charge in [0.1, 0.15) is 11.3 Å². The van der Waals surface area contributed by atoms with E-state index in [-0.39, 0.29) is 11.5 Å². The number of rotatable bonds is 6. The van der Waals surface area contributed by atoms with Gasteiger partial charge in [0, 0.05) is 38.3 Å². The normalized spacial score (nSPS) is 16.2. The molecule has 6 heteroatoms. The molecule has 0 N–H and O–H groups in total. The van der Waals surface area contributed by atoms with Crippen molar-refractivity contribution in [1.29, 1.82) is 0 Å². The Bertz CT molecular complexity index is 903. The first-order valence-corrected chi connectivity index (χ1v) is 9.90. The molecule has 1 aromatic carbocycles. The van der Waals surface area contributed by atoms with Crippen LogP contribution in [0.15, 0.2) is 41.2 Å². The highest BCUT2D eigenvalue weighted by atomic mass is 16.5. The third-order valence-corrected chi connectivity index (χ3v) is 5.32. The summed E-state index contributed by atoms with van der Waals surface area (Å²) in [5, 5.41) is 0. The highest BCUT2D eigenvalue weighted by molar-refractivity contribution is 5.98. The summed E-state index contributed by atoms with van der Waals surface area (Å²) < 4.78 is 13.2. The molecule has 0 spiro atoms. The van der Waals surface area contributed by atoms with Crippen LogP contribution in [0, 0.1) is 5.92 Å². The van der Waals surface area contributed by atoms with Crippen molar-refractivity contribution in [3.05, 3.63) is 63.6 Å². The van der Waals surface area contributed by atoms with Crippen molar-refractivity contribution < 1.29 is 14.3 Å². The highest BCUT2D eigenvalue weighted by Gasteiger charge is 2.28. The zero-order chi connectivity index (χ0) is 19.5. The Morgan fingerprint density at radius 3 is 2.79 bits per heavy atom. The number of aromatic nitrogens is 1. The van der Waals surface area contributed by atoms with E-state index in [1.54, 1.807) is 16.5 Å². The molecule has 1 saturated carbocycles. The number of ether oxygens (including phenoxy) is 2. The van der Waals surface area contributed by atoms with E-state index in [4.69, 9.17) is 9.47 Å². The van der Waals surface area contributed by atoms with Crippen LogP contribution in [0.3, 0.4) is 0 Å². The predicted octanol–water partition coefficient (Wildman–Crippen LogP) is 2.48. The molecule has 1 fully saturated rings. The minimum Gasteiger partial charge on any atom is -0.492 e. The number of amides is 1. The van der Waals surface area contributed by atoms with E-state index >= 15 is 0 Å². The molecular formula is C22H26N2O4. The van der Waals surface area contributed by atoms with Crippen LogP contribution in [0.2, 0.25) is 0 Å². The monoisotopic (exact) mass is 382 g/mol. The van der Waals surface area contributed by atoms with E-state index in [2.05, 4.69) is 0 Å². The third kappa shape index (κ3) is 4.12. The van der Waals surface area contributed by atoms with E-state index in [1.165, 1.54) is 6.07 Å². The lowest BCUT2D eigenvalue weighted by atomic mass is 10.1. The number of nitrogens with zero attached hydrogens (tertiary/aromatic N) is 2. The summed E-state index contributed by atoms with van der Waals surface area (Å²) in [4.78, 5) is 27.7. The van der Waals surface area contributed by atoms with Gasteiger partial charge in [0.15, 0.2) is 0 Å². The molecule has 2 aromatic rings. The Morgan fingerprint density at radius 2 is 2.04 bits per heavy atom. The number of fused-ring (bicyclic) bond motifs is 1. The van der Waals surface area contributed by atoms with Crippen LogP contribution in [0.1, 0.15) is 34.5 Å². The molecular weight excluding hydrogens is 356 g/mol. The minimum absolute atomic E-state index is 0.125. The van der Waals surface area contributed by atoms with Gasteiger partial charge in [0.2, 0.25) is 0 Å². The van der Waals surface area contributed by atoms with Gasteiger partial charge in [0.05, 0.1) is 19.8 Å². The molecule has 1 aliphatic carbocycles. The molecule has 1 amide bonds. The summed E-state index contributed by atoms with van der Waals surface area (Å²) in [5.41, 5.74) is 2.15. The molecule has 2 aliphatic rings. The fourth-order valence-corrected chi connectivity index (χ4v) is 3.56. The van der Waals surface area contributed by atoms with E-state index in [0.717, 1.165) is 24.1 Å². The Hall–Kier alpha value is -2.60. The standard InChI is InChI=1S/C22H26N2O4/c1-23(14-16-5-3-2-4-6-16)22(26)21-18-9-11-27-12-10-24(18)20(25)13-19(21)28-15-17-7-8-17/h2-6,13,17H,7-12,14-15H2,1H3. The summed E-state index contributed by atoms with van der Waals surface area (Å²) in [7, 11) is 1.79. The minimum atomic E-state index is -0.131. The summed E-state index contributed by atoms with van der Waals surface area (Å²) >= 11 is 0. The highest BCUT2D eigenvalue weighted by Crippen LogP contribution is 2.31. The third-order valence-electron chi connectivity index (χ3n) is 5.32. The first kappa shape index (κ1) is 18.7. The molecule has 2 heterocycles. The van der Waals surface area contributed by atoms with E-state index in [0.29, 0.717) is 56.6 Å². The van der Waals surface area contributed by atoms with Crippen molar-refractivity contribution in [2.24, 2.45) is 5.92 Å². The Kier molecular flexibility index (Phi) is 5.48. The van der Waals surface area contributed by atoms with Crippen LogP contribution < -0.4 is 10.3 Å². The molecule has 28 heavy (non-hydrogen) atoms. The van der Waals surface area contributed by atoms with Gasteiger partial charge < -0.3 is 18.9 Å². The van der Waals surface area contributed by atoms with Crippen molar-refractivity contribution >= 4 is 5.91 Å². The molecule has 0 bridgehead atoms. The summed E-state index contributed by atoms with van der Waals surface area (Å²) in [6.45, 7) is 2.48. The molecule has 1 aromatic heterocycles. The summed E-state index contributed by atoms with van der Waals surface area (Å²) in [6.07, 6.45) is 2.82. The maximum absolute atomic E-state index is 13.4. The van der Waals surface area contributed by atoms with Gasteiger partial charge in [-0.2, -0.15) is 0 Å². The molecule has 0 unspecified atom stereocenters. The Labute approximate surface area is 164 Å². The second-order valence-electron chi connectivity index (χ2n) is 7.58. The largest absolute Gasteiger partial charge is 0.492 e. The van der Waals surface area contributed by atoms with Gasteiger partial charge in [-0.15, -0.1) is 0 Å². The van der Waals surface area contributed by atoms with Gasteiger partial charge in [-0.05, 0) is 24.3 Å². The molecule has 148 valence electrons. The topological polar surface area (TPSA) is 60.8 Å². The smallest absolute Gasteiger partial charge is 0.259 e. The lowest BCUT2D eigenvalue weighted by molar-refractivity contribution is 0.0777. The van der Waals surface area contributed by atoms with Crippen molar-refractivity contribution in [1.82, 2.24) is 9.47 Å². The van der Waals surface area contributed by atoms with Crippen molar-refractivity contribution in [3.8, 4) is 5.75 Å². The second kappa shape index (κ2) is 8.19. The van der Waals surface area contributed by atoms with Crippen LogP contribution >= 0.6 is 0 Å². The predicted molar refractivity (Wildman–Crippen MR) is 106 cm³/mol. The van der Waals surface area contributed by atoms with Crippen LogP contribution in [0.5, 0.6) is 5.75 Å². The fraction of sp³-hybridized carbons (Fsp3) is 0.455. The zero-order valence-corrected chi connectivity index (χ0v) is 16.2. The van der Waals surface area contributed by atoms with Crippen LogP contribution in [0.25, 0.3) is 0 Å². The molecule has 0 atom stereocenters. The van der Waals surface area contributed by atoms with Crippen molar-refractivity contribution in [3.63, 3.8) is 0 Å². The van der Waals surface area contributed by atoms with E-state index in [1.807, 2.05) is 30.3 Å². The second-order valence-corrected chi connectivity index (χ2v) is 7.58. The number of carbonyl (C=O) groups is 1. The Morgan fingerprint density at radius 1 is 1.25 bits per heavy atom. The number of hydrogen-bond acceptors (Lipinski definition) is 4. The SMILES string of the molecule is CN(Cc1ccccc1)C(=O)c1c(OCC2CC2)cc(=O)n2c1CCOCC2. The fourth-order valence-electron chi connectivity index (χ4n) is 3.56. The summed E-state index contributed by atoms with van der Waals surface area (Å²) in [5.74, 6) is 0.824. The average molecular weight is 382 g/mol. The maximum atomic E-state index is 13.4. The average Bonchev–Trinajstić information content (AvgIpc) is 3.53. The van der Waals surface area contributed by atoms with Gasteiger partial charge in [0.25, 0.3) is 11.5 Å². The summed E-state index contributed by atoms with van der Waals surface area (Å²) in [6, 6.07) is 11.3. The quantitative estimate of drug-likeness (QED) is 0.770. The van der Waals surface area contributed by atoms with Crippen LogP contribution in [-0.2, 0) is 24.2 Å². The zero-order valence-electron chi connectivity index (χ0n) is 16.2. The van der Waals surface area contributed by atoms with Crippen LogP contribution in [-0.4, -0.2) is 42.2 Å². The molecule has 1 aliphatic heterocycles. The van der Waals surface area contributed by atoms with Gasteiger partial charge in [-0.3, -0.25) is 9.59 Å². The number of pyridine rings is 1. The number of carbonyl (C=O) groups excluding carboxylic acids is 1.